The van der Waals surface area contributed by atoms with Gasteiger partial charge in [-0.3, -0.25) is 9.69 Å². The van der Waals surface area contributed by atoms with E-state index in [0.717, 1.165) is 26.1 Å². The maximum Gasteiger partial charge on any atom is 0.325 e. The monoisotopic (exact) mass is 297 g/mol. The molecule has 0 radical (unpaired) electrons. The van der Waals surface area contributed by atoms with Crippen molar-refractivity contribution < 1.29 is 14.7 Å². The first-order valence-corrected chi connectivity index (χ1v) is 7.96. The second-order valence-corrected chi connectivity index (χ2v) is 6.57. The van der Waals surface area contributed by atoms with E-state index < -0.39 is 5.54 Å². The Morgan fingerprint density at radius 2 is 1.90 bits per heavy atom. The molecule has 2 N–H and O–H groups in total. The molecule has 0 unspecified atom stereocenters. The number of urea groups is 1. The number of nitrogens with zero attached hydrogens (tertiary/aromatic N) is 2. The molecular formula is C15H27N3O3. The lowest BCUT2D eigenvalue weighted by Gasteiger charge is -2.37. The number of hydrogen-bond donors (Lipinski definition) is 2. The molecule has 0 bridgehead atoms. The quantitative estimate of drug-likeness (QED) is 0.711. The Morgan fingerprint density at radius 3 is 2.48 bits per heavy atom. The Morgan fingerprint density at radius 1 is 1.24 bits per heavy atom. The van der Waals surface area contributed by atoms with Gasteiger partial charge in [-0.1, -0.05) is 13.8 Å². The number of hydrogen-bond acceptors (Lipinski definition) is 4. The van der Waals surface area contributed by atoms with Crippen molar-refractivity contribution in [1.29, 1.82) is 0 Å². The molecular weight excluding hydrogens is 270 g/mol. The first-order chi connectivity index (χ1) is 9.98. The average Bonchev–Trinajstić information content (AvgIpc) is 2.68. The van der Waals surface area contributed by atoms with Gasteiger partial charge in [0.1, 0.15) is 5.54 Å². The van der Waals surface area contributed by atoms with Gasteiger partial charge < -0.3 is 15.3 Å². The fourth-order valence-electron chi connectivity index (χ4n) is 3.05. The van der Waals surface area contributed by atoms with Gasteiger partial charge in [-0.05, 0) is 38.1 Å². The number of imide groups is 1. The maximum absolute atomic E-state index is 12.5. The van der Waals surface area contributed by atoms with E-state index in [9.17, 15) is 9.59 Å². The second-order valence-electron chi connectivity index (χ2n) is 6.57. The van der Waals surface area contributed by atoms with E-state index >= 15 is 0 Å². The SMILES string of the molecule is CC(C)CCN1CCC2(CC1)NC(=O)N(CCCO)C2=O. The predicted octanol–water partition coefficient (Wildman–Crippen LogP) is 0.801. The summed E-state index contributed by atoms with van der Waals surface area (Å²) in [6.45, 7) is 7.49. The first kappa shape index (κ1) is 16.2. The Hall–Kier alpha value is -1.14. The summed E-state index contributed by atoms with van der Waals surface area (Å²) in [5, 5.41) is 11.8. The molecule has 2 aliphatic rings. The molecule has 1 spiro atoms. The summed E-state index contributed by atoms with van der Waals surface area (Å²) in [5.41, 5.74) is -0.694. The van der Waals surface area contributed by atoms with Crippen LogP contribution in [0.5, 0.6) is 0 Å². The minimum absolute atomic E-state index is 0.00690. The van der Waals surface area contributed by atoms with Crippen LogP contribution in [0.4, 0.5) is 4.79 Å². The standard InChI is InChI=1S/C15H27N3O3/c1-12(2)4-8-17-9-5-15(6-10-17)13(20)18(7-3-11-19)14(21)16-15/h12,19H,3-11H2,1-2H3,(H,16,21). The van der Waals surface area contributed by atoms with E-state index in [-0.39, 0.29) is 18.5 Å². The third kappa shape index (κ3) is 3.55. The molecule has 120 valence electrons. The minimum Gasteiger partial charge on any atom is -0.396 e. The molecule has 2 heterocycles. The Kier molecular flexibility index (Phi) is 5.22. The lowest BCUT2D eigenvalue weighted by molar-refractivity contribution is -0.133. The topological polar surface area (TPSA) is 72.9 Å². The van der Waals surface area contributed by atoms with Gasteiger partial charge in [0.15, 0.2) is 0 Å². The van der Waals surface area contributed by atoms with Gasteiger partial charge in [-0.2, -0.15) is 0 Å². The van der Waals surface area contributed by atoms with E-state index in [1.165, 1.54) is 4.90 Å². The highest BCUT2D eigenvalue weighted by molar-refractivity contribution is 6.07. The van der Waals surface area contributed by atoms with Gasteiger partial charge in [-0.25, -0.2) is 4.79 Å². The van der Waals surface area contributed by atoms with Crippen LogP contribution in [0.1, 0.15) is 39.5 Å². The highest BCUT2D eigenvalue weighted by atomic mass is 16.3. The Labute approximate surface area is 126 Å². The van der Waals surface area contributed by atoms with Crippen LogP contribution in [0.3, 0.4) is 0 Å². The normalized spacial score (nSPS) is 22.4. The van der Waals surface area contributed by atoms with E-state index in [1.54, 1.807) is 0 Å². The van der Waals surface area contributed by atoms with Gasteiger partial charge in [-0.15, -0.1) is 0 Å². The zero-order valence-electron chi connectivity index (χ0n) is 13.1. The Bertz CT molecular complexity index is 390. The molecule has 3 amide bonds. The smallest absolute Gasteiger partial charge is 0.325 e. The molecule has 0 saturated carbocycles. The Balaban J connectivity index is 1.90. The summed E-state index contributed by atoms with van der Waals surface area (Å²) >= 11 is 0. The van der Waals surface area contributed by atoms with Gasteiger partial charge in [0, 0.05) is 26.2 Å². The first-order valence-electron chi connectivity index (χ1n) is 7.96. The number of aliphatic hydroxyl groups excluding tert-OH is 1. The van der Waals surface area contributed by atoms with Crippen LogP contribution in [0.25, 0.3) is 0 Å². The van der Waals surface area contributed by atoms with Gasteiger partial charge >= 0.3 is 6.03 Å². The van der Waals surface area contributed by atoms with Gasteiger partial charge in [0.05, 0.1) is 0 Å². The maximum atomic E-state index is 12.5. The zero-order valence-corrected chi connectivity index (χ0v) is 13.1. The van der Waals surface area contributed by atoms with Crippen molar-refractivity contribution in [2.75, 3.05) is 32.8 Å². The van der Waals surface area contributed by atoms with Crippen molar-refractivity contribution in [3.05, 3.63) is 0 Å². The number of rotatable bonds is 6. The van der Waals surface area contributed by atoms with Crippen LogP contribution >= 0.6 is 0 Å². The van der Waals surface area contributed by atoms with Crippen molar-refractivity contribution in [3.63, 3.8) is 0 Å². The van der Waals surface area contributed by atoms with Crippen LogP contribution in [-0.4, -0.2) is 65.2 Å². The molecule has 0 atom stereocenters. The second kappa shape index (κ2) is 6.75. The van der Waals surface area contributed by atoms with Crippen LogP contribution in [-0.2, 0) is 4.79 Å². The van der Waals surface area contributed by atoms with Crippen molar-refractivity contribution in [3.8, 4) is 0 Å². The third-order valence-electron chi connectivity index (χ3n) is 4.52. The number of aliphatic hydroxyl groups is 1. The molecule has 0 aromatic rings. The molecule has 2 aliphatic heterocycles. The summed E-state index contributed by atoms with van der Waals surface area (Å²) in [6.07, 6.45) is 2.97. The molecule has 6 nitrogen and oxygen atoms in total. The fraction of sp³-hybridized carbons (Fsp3) is 0.867. The lowest BCUT2D eigenvalue weighted by atomic mass is 9.87. The molecule has 0 aliphatic carbocycles. The minimum atomic E-state index is -0.694. The number of carbonyl (C=O) groups excluding carboxylic acids is 2. The van der Waals surface area contributed by atoms with Crippen LogP contribution in [0.15, 0.2) is 0 Å². The largest absolute Gasteiger partial charge is 0.396 e. The average molecular weight is 297 g/mol. The lowest BCUT2D eigenvalue weighted by Crippen LogP contribution is -2.55. The number of likely N-dealkylation sites (tertiary alicyclic amines) is 1. The highest BCUT2D eigenvalue weighted by Gasteiger charge is 2.51. The molecule has 0 aromatic heterocycles. The number of nitrogens with one attached hydrogen (secondary N) is 1. The summed E-state index contributed by atoms with van der Waals surface area (Å²) in [4.78, 5) is 28.1. The molecule has 2 saturated heterocycles. The molecule has 6 heteroatoms. The highest BCUT2D eigenvalue weighted by Crippen LogP contribution is 2.29. The van der Waals surface area contributed by atoms with Gasteiger partial charge in [0.2, 0.25) is 0 Å². The van der Waals surface area contributed by atoms with Gasteiger partial charge in [0.25, 0.3) is 5.91 Å². The van der Waals surface area contributed by atoms with E-state index in [1.807, 2.05) is 0 Å². The van der Waals surface area contributed by atoms with E-state index in [0.29, 0.717) is 31.7 Å². The summed E-state index contributed by atoms with van der Waals surface area (Å²) in [6, 6.07) is -0.302. The summed E-state index contributed by atoms with van der Waals surface area (Å²) < 4.78 is 0. The number of amides is 3. The van der Waals surface area contributed by atoms with Crippen molar-refractivity contribution in [2.45, 2.75) is 45.1 Å². The van der Waals surface area contributed by atoms with Crippen molar-refractivity contribution in [1.82, 2.24) is 15.1 Å². The molecule has 2 fully saturated rings. The number of carbonyl (C=O) groups is 2. The molecule has 21 heavy (non-hydrogen) atoms. The zero-order chi connectivity index (χ0) is 15.5. The summed E-state index contributed by atoms with van der Waals surface area (Å²) in [5.74, 6) is 0.576. The van der Waals surface area contributed by atoms with Crippen LogP contribution in [0, 0.1) is 5.92 Å². The fourth-order valence-corrected chi connectivity index (χ4v) is 3.05. The van der Waals surface area contributed by atoms with E-state index in [2.05, 4.69) is 24.1 Å². The van der Waals surface area contributed by atoms with E-state index in [4.69, 9.17) is 5.11 Å². The summed E-state index contributed by atoms with van der Waals surface area (Å²) in [7, 11) is 0. The van der Waals surface area contributed by atoms with Crippen molar-refractivity contribution in [2.24, 2.45) is 5.92 Å². The molecule has 0 aromatic carbocycles. The third-order valence-corrected chi connectivity index (χ3v) is 4.52. The van der Waals surface area contributed by atoms with Crippen LogP contribution in [0.2, 0.25) is 0 Å². The predicted molar refractivity (Wildman–Crippen MR) is 79.8 cm³/mol. The molecule has 2 rings (SSSR count). The number of piperidine rings is 1. The van der Waals surface area contributed by atoms with Crippen LogP contribution < -0.4 is 5.32 Å². The van der Waals surface area contributed by atoms with Crippen molar-refractivity contribution >= 4 is 11.9 Å².